The monoisotopic (exact) mass is 289 g/mol. The Balaban J connectivity index is 1.87. The summed E-state index contributed by atoms with van der Waals surface area (Å²) in [5, 5.41) is 3.92. The summed E-state index contributed by atoms with van der Waals surface area (Å²) in [5.41, 5.74) is 6.31. The number of nitrogens with two attached hydrogens (primary N) is 1. The Bertz CT molecular complexity index is 606. The molecule has 1 saturated carbocycles. The first-order valence-electron chi connectivity index (χ1n) is 7.18. The summed E-state index contributed by atoms with van der Waals surface area (Å²) in [7, 11) is 1.64. The van der Waals surface area contributed by atoms with Crippen LogP contribution in [0.15, 0.2) is 22.7 Å². The molecule has 112 valence electrons. The first-order valence-corrected chi connectivity index (χ1v) is 7.18. The smallest absolute Gasteiger partial charge is 0.240 e. The van der Waals surface area contributed by atoms with Crippen LogP contribution < -0.4 is 15.2 Å². The van der Waals surface area contributed by atoms with E-state index in [1.807, 2.05) is 18.2 Å². The Morgan fingerprint density at radius 1 is 1.29 bits per heavy atom. The molecular formula is C15H19N3O3. The van der Waals surface area contributed by atoms with Crippen LogP contribution in [-0.2, 0) is 6.54 Å². The Labute approximate surface area is 123 Å². The zero-order valence-electron chi connectivity index (χ0n) is 12.0. The van der Waals surface area contributed by atoms with Crippen molar-refractivity contribution < 1.29 is 14.0 Å². The number of hydrogen-bond acceptors (Lipinski definition) is 6. The van der Waals surface area contributed by atoms with Crippen LogP contribution in [0, 0.1) is 0 Å². The van der Waals surface area contributed by atoms with Crippen molar-refractivity contribution >= 4 is 0 Å². The molecule has 0 atom stereocenters. The largest absolute Gasteiger partial charge is 0.493 e. The summed E-state index contributed by atoms with van der Waals surface area (Å²) in [6.45, 7) is 0.231. The van der Waals surface area contributed by atoms with Gasteiger partial charge in [0.1, 0.15) is 0 Å². The van der Waals surface area contributed by atoms with Gasteiger partial charge in [-0.25, -0.2) is 0 Å². The fourth-order valence-electron chi connectivity index (χ4n) is 2.55. The van der Waals surface area contributed by atoms with Crippen molar-refractivity contribution in [1.82, 2.24) is 10.1 Å². The zero-order chi connectivity index (χ0) is 14.7. The van der Waals surface area contributed by atoms with Gasteiger partial charge in [-0.05, 0) is 43.9 Å². The topological polar surface area (TPSA) is 83.4 Å². The molecule has 0 unspecified atom stereocenters. The summed E-state index contributed by atoms with van der Waals surface area (Å²) in [4.78, 5) is 4.23. The highest BCUT2D eigenvalue weighted by atomic mass is 16.5. The second-order valence-electron chi connectivity index (χ2n) is 5.11. The number of aromatic nitrogens is 2. The van der Waals surface area contributed by atoms with Crippen LogP contribution in [-0.4, -0.2) is 23.4 Å². The maximum atomic E-state index is 6.06. The Kier molecular flexibility index (Phi) is 4.06. The molecule has 0 bridgehead atoms. The minimum absolute atomic E-state index is 0.231. The van der Waals surface area contributed by atoms with Crippen LogP contribution in [0.5, 0.6) is 11.5 Å². The molecule has 1 aliphatic carbocycles. The third kappa shape index (κ3) is 3.00. The fraction of sp³-hybridized carbons (Fsp3) is 0.467. The molecule has 2 N–H and O–H groups in total. The van der Waals surface area contributed by atoms with Gasteiger partial charge in [0.05, 0.1) is 19.8 Å². The lowest BCUT2D eigenvalue weighted by atomic mass is 10.2. The van der Waals surface area contributed by atoms with Gasteiger partial charge in [-0.2, -0.15) is 4.98 Å². The van der Waals surface area contributed by atoms with Crippen LogP contribution in [0.25, 0.3) is 11.4 Å². The molecule has 0 saturated heterocycles. The molecule has 1 heterocycles. The highest BCUT2D eigenvalue weighted by Crippen LogP contribution is 2.34. The third-order valence-corrected chi connectivity index (χ3v) is 3.66. The van der Waals surface area contributed by atoms with Crippen molar-refractivity contribution in [2.45, 2.75) is 38.3 Å². The van der Waals surface area contributed by atoms with E-state index in [1.165, 1.54) is 12.8 Å². The fourth-order valence-corrected chi connectivity index (χ4v) is 2.55. The number of hydrogen-bond donors (Lipinski definition) is 1. The van der Waals surface area contributed by atoms with E-state index in [4.69, 9.17) is 19.7 Å². The molecule has 0 radical (unpaired) electrons. The first kappa shape index (κ1) is 13.9. The number of rotatable bonds is 5. The van der Waals surface area contributed by atoms with Gasteiger partial charge in [-0.1, -0.05) is 5.16 Å². The second-order valence-corrected chi connectivity index (χ2v) is 5.11. The third-order valence-electron chi connectivity index (χ3n) is 3.66. The van der Waals surface area contributed by atoms with Crippen molar-refractivity contribution in [1.29, 1.82) is 0 Å². The molecule has 0 spiro atoms. The SMILES string of the molecule is COc1ccc(-c2noc(CN)n2)cc1OC1CCCC1. The predicted octanol–water partition coefficient (Wildman–Crippen LogP) is 2.53. The lowest BCUT2D eigenvalue weighted by molar-refractivity contribution is 0.201. The van der Waals surface area contributed by atoms with Gasteiger partial charge < -0.3 is 19.7 Å². The van der Waals surface area contributed by atoms with Crippen LogP contribution in [0.1, 0.15) is 31.6 Å². The summed E-state index contributed by atoms with van der Waals surface area (Å²) in [6, 6.07) is 5.63. The standard InChI is InChI=1S/C15H19N3O3/c1-19-12-7-6-10(15-17-14(9-16)21-18-15)8-13(12)20-11-4-2-3-5-11/h6-8,11H,2-5,9,16H2,1H3. The van der Waals surface area contributed by atoms with Gasteiger partial charge in [0, 0.05) is 5.56 Å². The number of nitrogens with zero attached hydrogens (tertiary/aromatic N) is 2. The summed E-state index contributed by atoms with van der Waals surface area (Å²) in [5.74, 6) is 2.36. The summed E-state index contributed by atoms with van der Waals surface area (Å²) < 4.78 is 16.5. The number of methoxy groups -OCH3 is 1. The molecule has 0 aliphatic heterocycles. The maximum absolute atomic E-state index is 6.06. The minimum Gasteiger partial charge on any atom is -0.493 e. The molecule has 3 rings (SSSR count). The Morgan fingerprint density at radius 2 is 2.10 bits per heavy atom. The van der Waals surface area contributed by atoms with E-state index in [0.717, 1.165) is 24.2 Å². The molecule has 1 aromatic carbocycles. The molecule has 21 heavy (non-hydrogen) atoms. The quantitative estimate of drug-likeness (QED) is 0.910. The van der Waals surface area contributed by atoms with Crippen molar-refractivity contribution in [3.8, 4) is 22.9 Å². The van der Waals surface area contributed by atoms with Crippen molar-refractivity contribution in [2.75, 3.05) is 7.11 Å². The van der Waals surface area contributed by atoms with Gasteiger partial charge in [-0.3, -0.25) is 0 Å². The van der Waals surface area contributed by atoms with Crippen molar-refractivity contribution in [3.63, 3.8) is 0 Å². The average Bonchev–Trinajstić information content (AvgIpc) is 3.18. The highest BCUT2D eigenvalue weighted by molar-refractivity contribution is 5.60. The van der Waals surface area contributed by atoms with E-state index in [9.17, 15) is 0 Å². The van der Waals surface area contributed by atoms with Gasteiger partial charge in [0.2, 0.25) is 11.7 Å². The molecule has 2 aromatic rings. The van der Waals surface area contributed by atoms with Crippen LogP contribution in [0.4, 0.5) is 0 Å². The summed E-state index contributed by atoms with van der Waals surface area (Å²) in [6.07, 6.45) is 4.88. The number of benzene rings is 1. The van der Waals surface area contributed by atoms with Gasteiger partial charge in [0.25, 0.3) is 0 Å². The second kappa shape index (κ2) is 6.13. The summed E-state index contributed by atoms with van der Waals surface area (Å²) >= 11 is 0. The molecule has 1 aromatic heterocycles. The van der Waals surface area contributed by atoms with E-state index in [1.54, 1.807) is 7.11 Å². The molecule has 1 aliphatic rings. The van der Waals surface area contributed by atoms with Crippen molar-refractivity contribution in [3.05, 3.63) is 24.1 Å². The lowest BCUT2D eigenvalue weighted by Crippen LogP contribution is -2.11. The van der Waals surface area contributed by atoms with Crippen LogP contribution in [0.2, 0.25) is 0 Å². The van der Waals surface area contributed by atoms with E-state index >= 15 is 0 Å². The zero-order valence-corrected chi connectivity index (χ0v) is 12.0. The molecule has 6 nitrogen and oxygen atoms in total. The molecule has 6 heteroatoms. The van der Waals surface area contributed by atoms with E-state index in [2.05, 4.69) is 10.1 Å². The molecule has 0 amide bonds. The predicted molar refractivity (Wildman–Crippen MR) is 77.1 cm³/mol. The van der Waals surface area contributed by atoms with Crippen LogP contribution >= 0.6 is 0 Å². The van der Waals surface area contributed by atoms with Gasteiger partial charge in [-0.15, -0.1) is 0 Å². The Hall–Kier alpha value is -2.08. The first-order chi connectivity index (χ1) is 10.3. The molecule has 1 fully saturated rings. The van der Waals surface area contributed by atoms with Gasteiger partial charge in [0.15, 0.2) is 11.5 Å². The highest BCUT2D eigenvalue weighted by Gasteiger charge is 2.19. The average molecular weight is 289 g/mol. The van der Waals surface area contributed by atoms with Gasteiger partial charge >= 0.3 is 0 Å². The normalized spacial score (nSPS) is 15.3. The molecular weight excluding hydrogens is 270 g/mol. The maximum Gasteiger partial charge on any atom is 0.240 e. The van der Waals surface area contributed by atoms with Crippen LogP contribution in [0.3, 0.4) is 0 Å². The number of ether oxygens (including phenoxy) is 2. The van der Waals surface area contributed by atoms with E-state index < -0.39 is 0 Å². The Morgan fingerprint density at radius 3 is 2.76 bits per heavy atom. The van der Waals surface area contributed by atoms with E-state index in [-0.39, 0.29) is 12.6 Å². The lowest BCUT2D eigenvalue weighted by Gasteiger charge is -2.16. The van der Waals surface area contributed by atoms with E-state index in [0.29, 0.717) is 17.5 Å². The minimum atomic E-state index is 0.231. The van der Waals surface area contributed by atoms with Crippen molar-refractivity contribution in [2.24, 2.45) is 5.73 Å².